The van der Waals surface area contributed by atoms with Crippen LogP contribution in [0.25, 0.3) is 0 Å². The molecule has 22 heavy (non-hydrogen) atoms. The standard InChI is InChI=1S/C15H11Cl2F2NOS/c1-8(22-14-5-3-10(18)7-12(14)19)15(21)20-13-6-9(16)2-4-11(13)17/h2-8H,1H3,(H,20,21). The Hall–Kier alpha value is -1.30. The van der Waals surface area contributed by atoms with E-state index in [0.717, 1.165) is 23.9 Å². The van der Waals surface area contributed by atoms with Gasteiger partial charge in [-0.2, -0.15) is 0 Å². The van der Waals surface area contributed by atoms with E-state index >= 15 is 0 Å². The van der Waals surface area contributed by atoms with Crippen molar-refractivity contribution in [2.75, 3.05) is 5.32 Å². The highest BCUT2D eigenvalue weighted by atomic mass is 35.5. The van der Waals surface area contributed by atoms with Crippen LogP contribution in [0.3, 0.4) is 0 Å². The van der Waals surface area contributed by atoms with Crippen molar-refractivity contribution in [1.29, 1.82) is 0 Å². The van der Waals surface area contributed by atoms with E-state index < -0.39 is 16.9 Å². The summed E-state index contributed by atoms with van der Waals surface area (Å²) >= 11 is 12.8. The first kappa shape index (κ1) is 17.1. The number of rotatable bonds is 4. The monoisotopic (exact) mass is 361 g/mol. The Labute approximate surface area is 140 Å². The number of benzene rings is 2. The third-order valence-electron chi connectivity index (χ3n) is 2.75. The van der Waals surface area contributed by atoms with Crippen LogP contribution < -0.4 is 5.32 Å². The molecule has 2 rings (SSSR count). The van der Waals surface area contributed by atoms with Crippen LogP contribution in [-0.4, -0.2) is 11.2 Å². The Bertz CT molecular complexity index is 712. The maximum atomic E-state index is 13.6. The van der Waals surface area contributed by atoms with Gasteiger partial charge in [0.2, 0.25) is 5.91 Å². The van der Waals surface area contributed by atoms with Gasteiger partial charge in [-0.05, 0) is 37.3 Å². The molecule has 0 spiro atoms. The summed E-state index contributed by atoms with van der Waals surface area (Å²) in [7, 11) is 0. The van der Waals surface area contributed by atoms with Gasteiger partial charge >= 0.3 is 0 Å². The predicted octanol–water partition coefficient (Wildman–Crippen LogP) is 5.39. The van der Waals surface area contributed by atoms with Gasteiger partial charge in [0.05, 0.1) is 16.0 Å². The Kier molecular flexibility index (Phi) is 5.67. The summed E-state index contributed by atoms with van der Waals surface area (Å²) in [6.07, 6.45) is 0. The van der Waals surface area contributed by atoms with Crippen molar-refractivity contribution in [2.45, 2.75) is 17.1 Å². The molecule has 0 aromatic heterocycles. The van der Waals surface area contributed by atoms with Gasteiger partial charge in [0.1, 0.15) is 11.6 Å². The molecule has 1 N–H and O–H groups in total. The number of anilines is 1. The molecule has 2 aromatic carbocycles. The van der Waals surface area contributed by atoms with Crippen molar-refractivity contribution in [3.05, 3.63) is 58.1 Å². The summed E-state index contributed by atoms with van der Waals surface area (Å²) in [5.74, 6) is -1.73. The zero-order valence-corrected chi connectivity index (χ0v) is 13.7. The van der Waals surface area contributed by atoms with Crippen molar-refractivity contribution < 1.29 is 13.6 Å². The van der Waals surface area contributed by atoms with E-state index in [1.807, 2.05) is 0 Å². The fourth-order valence-corrected chi connectivity index (χ4v) is 2.84. The lowest BCUT2D eigenvalue weighted by Gasteiger charge is -2.13. The lowest BCUT2D eigenvalue weighted by Crippen LogP contribution is -2.22. The van der Waals surface area contributed by atoms with Crippen LogP contribution >= 0.6 is 35.0 Å². The first-order chi connectivity index (χ1) is 10.4. The lowest BCUT2D eigenvalue weighted by molar-refractivity contribution is -0.115. The molecule has 0 radical (unpaired) electrons. The number of halogens is 4. The van der Waals surface area contributed by atoms with Gasteiger partial charge in [-0.25, -0.2) is 8.78 Å². The maximum Gasteiger partial charge on any atom is 0.237 e. The second-order valence-electron chi connectivity index (χ2n) is 4.45. The number of hydrogen-bond donors (Lipinski definition) is 1. The van der Waals surface area contributed by atoms with Gasteiger partial charge < -0.3 is 5.32 Å². The zero-order valence-electron chi connectivity index (χ0n) is 11.4. The van der Waals surface area contributed by atoms with E-state index in [1.165, 1.54) is 12.1 Å². The average Bonchev–Trinajstić information content (AvgIpc) is 2.45. The molecule has 0 aliphatic rings. The summed E-state index contributed by atoms with van der Waals surface area (Å²) in [6.45, 7) is 1.61. The van der Waals surface area contributed by atoms with Gasteiger partial charge in [0.15, 0.2) is 0 Å². The van der Waals surface area contributed by atoms with Crippen LogP contribution in [0.15, 0.2) is 41.3 Å². The summed E-state index contributed by atoms with van der Waals surface area (Å²) in [6, 6.07) is 7.91. The van der Waals surface area contributed by atoms with Crippen LogP contribution in [0.1, 0.15) is 6.92 Å². The second-order valence-corrected chi connectivity index (χ2v) is 6.67. The molecule has 0 aliphatic heterocycles. The van der Waals surface area contributed by atoms with Crippen LogP contribution in [0.4, 0.5) is 14.5 Å². The van der Waals surface area contributed by atoms with Crippen molar-refractivity contribution in [3.8, 4) is 0 Å². The Morgan fingerprint density at radius 1 is 1.18 bits per heavy atom. The minimum Gasteiger partial charge on any atom is -0.324 e. The molecule has 0 aliphatic carbocycles. The summed E-state index contributed by atoms with van der Waals surface area (Å²) in [4.78, 5) is 12.3. The number of carbonyl (C=O) groups excluding carboxylic acids is 1. The topological polar surface area (TPSA) is 29.1 Å². The quantitative estimate of drug-likeness (QED) is 0.739. The number of thioether (sulfide) groups is 1. The molecule has 0 saturated heterocycles. The molecule has 0 saturated carbocycles. The second kappa shape index (κ2) is 7.31. The first-order valence-electron chi connectivity index (χ1n) is 6.24. The molecule has 1 atom stereocenters. The molecule has 1 unspecified atom stereocenters. The number of hydrogen-bond acceptors (Lipinski definition) is 2. The lowest BCUT2D eigenvalue weighted by atomic mass is 10.3. The molecule has 0 bridgehead atoms. The molecule has 7 heteroatoms. The number of nitrogens with one attached hydrogen (secondary N) is 1. The maximum absolute atomic E-state index is 13.6. The molecule has 0 fully saturated rings. The van der Waals surface area contributed by atoms with Crippen LogP contribution in [0.2, 0.25) is 10.0 Å². The molecule has 116 valence electrons. The molecule has 1 amide bonds. The van der Waals surface area contributed by atoms with Crippen molar-refractivity contribution in [2.24, 2.45) is 0 Å². The van der Waals surface area contributed by atoms with Gasteiger partial charge in [-0.15, -0.1) is 11.8 Å². The summed E-state index contributed by atoms with van der Waals surface area (Å²) in [5, 5.41) is 2.81. The minimum absolute atomic E-state index is 0.196. The third kappa shape index (κ3) is 4.35. The fourth-order valence-electron chi connectivity index (χ4n) is 1.64. The van der Waals surface area contributed by atoms with Gasteiger partial charge in [0, 0.05) is 16.0 Å². The molecule has 2 nitrogen and oxygen atoms in total. The Balaban J connectivity index is 2.07. The van der Waals surface area contributed by atoms with Gasteiger partial charge in [-0.3, -0.25) is 4.79 Å². The highest BCUT2D eigenvalue weighted by molar-refractivity contribution is 8.00. The van der Waals surface area contributed by atoms with Crippen molar-refractivity contribution in [3.63, 3.8) is 0 Å². The Morgan fingerprint density at radius 3 is 2.59 bits per heavy atom. The van der Waals surface area contributed by atoms with E-state index in [1.54, 1.807) is 19.1 Å². The Morgan fingerprint density at radius 2 is 1.91 bits per heavy atom. The highest BCUT2D eigenvalue weighted by Crippen LogP contribution is 2.29. The summed E-state index contributed by atoms with van der Waals surface area (Å²) in [5.41, 5.74) is 0.381. The largest absolute Gasteiger partial charge is 0.324 e. The predicted molar refractivity (Wildman–Crippen MR) is 86.8 cm³/mol. The molecular formula is C15H11Cl2F2NOS. The van der Waals surface area contributed by atoms with Gasteiger partial charge in [-0.1, -0.05) is 23.2 Å². The van der Waals surface area contributed by atoms with Crippen LogP contribution in [0.5, 0.6) is 0 Å². The SMILES string of the molecule is CC(Sc1ccc(F)cc1F)C(=O)Nc1cc(Cl)ccc1Cl. The van der Waals surface area contributed by atoms with Crippen molar-refractivity contribution >= 4 is 46.6 Å². The minimum atomic E-state index is -0.703. The normalized spacial score (nSPS) is 12.0. The van der Waals surface area contributed by atoms with E-state index in [4.69, 9.17) is 23.2 Å². The van der Waals surface area contributed by atoms with E-state index in [9.17, 15) is 13.6 Å². The smallest absolute Gasteiger partial charge is 0.237 e. The highest BCUT2D eigenvalue weighted by Gasteiger charge is 2.18. The summed E-state index contributed by atoms with van der Waals surface area (Å²) < 4.78 is 26.4. The number of carbonyl (C=O) groups is 1. The van der Waals surface area contributed by atoms with E-state index in [0.29, 0.717) is 15.7 Å². The third-order valence-corrected chi connectivity index (χ3v) is 4.47. The molecule has 0 heterocycles. The fraction of sp³-hybridized carbons (Fsp3) is 0.133. The number of amides is 1. The molecular weight excluding hydrogens is 351 g/mol. The first-order valence-corrected chi connectivity index (χ1v) is 7.88. The van der Waals surface area contributed by atoms with Crippen molar-refractivity contribution in [1.82, 2.24) is 0 Å². The van der Waals surface area contributed by atoms with Crippen LogP contribution in [-0.2, 0) is 4.79 Å². The van der Waals surface area contributed by atoms with E-state index in [2.05, 4.69) is 5.32 Å². The van der Waals surface area contributed by atoms with Gasteiger partial charge in [0.25, 0.3) is 0 Å². The average molecular weight is 362 g/mol. The van der Waals surface area contributed by atoms with E-state index in [-0.39, 0.29) is 10.8 Å². The molecule has 2 aromatic rings. The zero-order chi connectivity index (χ0) is 16.3. The van der Waals surface area contributed by atoms with Crippen LogP contribution in [0, 0.1) is 11.6 Å².